The first kappa shape index (κ1) is 14.9. The van der Waals surface area contributed by atoms with Gasteiger partial charge in [-0.05, 0) is 47.0 Å². The Hall–Kier alpha value is -0.120. The quantitative estimate of drug-likeness (QED) is 0.753. The molecule has 0 saturated carbocycles. The molecular weight excluding hydrogens is 214 g/mol. The van der Waals surface area contributed by atoms with Gasteiger partial charge in [-0.15, -0.1) is 0 Å². The van der Waals surface area contributed by atoms with Gasteiger partial charge in [0.1, 0.15) is 0 Å². The molecule has 1 fully saturated rings. The number of hydrogen-bond acceptors (Lipinski definition) is 3. The van der Waals surface area contributed by atoms with E-state index in [0.29, 0.717) is 0 Å². The summed E-state index contributed by atoms with van der Waals surface area (Å²) < 4.78 is 0. The Morgan fingerprint density at radius 2 is 1.65 bits per heavy atom. The summed E-state index contributed by atoms with van der Waals surface area (Å²) in [5.74, 6) is 0. The summed E-state index contributed by atoms with van der Waals surface area (Å²) in [5, 5.41) is 12.0. The van der Waals surface area contributed by atoms with E-state index in [2.05, 4.69) is 39.7 Å². The Labute approximate surface area is 106 Å². The van der Waals surface area contributed by atoms with Gasteiger partial charge in [0.25, 0.3) is 0 Å². The van der Waals surface area contributed by atoms with Gasteiger partial charge in [0.05, 0.1) is 12.7 Å². The third-order valence-electron chi connectivity index (χ3n) is 3.54. The average Bonchev–Trinajstić information content (AvgIpc) is 2.12. The van der Waals surface area contributed by atoms with Crippen LogP contribution in [0, 0.1) is 0 Å². The molecule has 3 heteroatoms. The number of nitrogens with zero attached hydrogens (tertiary/aromatic N) is 1. The molecule has 1 saturated heterocycles. The van der Waals surface area contributed by atoms with Crippen molar-refractivity contribution in [3.63, 3.8) is 0 Å². The highest BCUT2D eigenvalue weighted by molar-refractivity contribution is 4.96. The van der Waals surface area contributed by atoms with Gasteiger partial charge in [-0.3, -0.25) is 4.84 Å². The third-order valence-corrected chi connectivity index (χ3v) is 3.54. The molecule has 0 aromatic carbocycles. The predicted molar refractivity (Wildman–Crippen MR) is 70.7 cm³/mol. The molecule has 0 aromatic heterocycles. The van der Waals surface area contributed by atoms with Crippen molar-refractivity contribution in [3.05, 3.63) is 0 Å². The Kier molecular flexibility index (Phi) is 4.99. The number of aliphatic hydroxyl groups is 1. The van der Waals surface area contributed by atoms with Crippen molar-refractivity contribution in [2.75, 3.05) is 6.61 Å². The maximum atomic E-state index is 9.93. The second-order valence-electron chi connectivity index (χ2n) is 6.52. The molecule has 1 heterocycles. The Morgan fingerprint density at radius 1 is 1.12 bits per heavy atom. The second-order valence-corrected chi connectivity index (χ2v) is 6.52. The van der Waals surface area contributed by atoms with E-state index in [1.165, 1.54) is 12.8 Å². The molecule has 17 heavy (non-hydrogen) atoms. The Bertz CT molecular complexity index is 220. The summed E-state index contributed by atoms with van der Waals surface area (Å²) >= 11 is 0. The minimum atomic E-state index is -0.213. The minimum absolute atomic E-state index is 0.0899. The molecule has 0 spiro atoms. The third kappa shape index (κ3) is 3.94. The van der Waals surface area contributed by atoms with Crippen molar-refractivity contribution in [2.45, 2.75) is 83.9 Å². The molecule has 1 aliphatic heterocycles. The molecule has 1 aliphatic rings. The van der Waals surface area contributed by atoms with Crippen LogP contribution in [0.15, 0.2) is 0 Å². The van der Waals surface area contributed by atoms with E-state index < -0.39 is 0 Å². The van der Waals surface area contributed by atoms with Gasteiger partial charge >= 0.3 is 0 Å². The molecule has 1 N–H and O–H groups in total. The molecule has 0 amide bonds. The van der Waals surface area contributed by atoms with Gasteiger partial charge in [0.15, 0.2) is 0 Å². The largest absolute Gasteiger partial charge is 0.393 e. The average molecular weight is 243 g/mol. The van der Waals surface area contributed by atoms with E-state index in [-0.39, 0.29) is 17.2 Å². The monoisotopic (exact) mass is 243 g/mol. The fourth-order valence-corrected chi connectivity index (χ4v) is 3.07. The summed E-state index contributed by atoms with van der Waals surface area (Å²) in [6.07, 6.45) is 4.90. The first-order valence-corrected chi connectivity index (χ1v) is 6.91. The number of piperidine rings is 1. The van der Waals surface area contributed by atoms with Gasteiger partial charge < -0.3 is 5.11 Å². The van der Waals surface area contributed by atoms with Crippen LogP contribution >= 0.6 is 0 Å². The van der Waals surface area contributed by atoms with Crippen LogP contribution in [0.3, 0.4) is 0 Å². The molecule has 0 atom stereocenters. The number of hydroxylamine groups is 2. The lowest BCUT2D eigenvalue weighted by atomic mass is 9.80. The van der Waals surface area contributed by atoms with Gasteiger partial charge in [-0.25, -0.2) is 0 Å². The van der Waals surface area contributed by atoms with Crippen LogP contribution in [0.4, 0.5) is 0 Å². The molecule has 0 radical (unpaired) electrons. The lowest BCUT2D eigenvalue weighted by molar-refractivity contribution is -0.292. The topological polar surface area (TPSA) is 32.7 Å². The smallest absolute Gasteiger partial charge is 0.0685 e. The van der Waals surface area contributed by atoms with Crippen LogP contribution in [-0.2, 0) is 4.84 Å². The highest BCUT2D eigenvalue weighted by atomic mass is 16.7. The predicted octanol–water partition coefficient (Wildman–Crippen LogP) is 3.12. The maximum Gasteiger partial charge on any atom is 0.0685 e. The molecule has 0 aromatic rings. The number of rotatable bonds is 5. The van der Waals surface area contributed by atoms with Crippen LogP contribution in [-0.4, -0.2) is 34.0 Å². The van der Waals surface area contributed by atoms with Gasteiger partial charge in [0.2, 0.25) is 0 Å². The molecule has 0 aliphatic carbocycles. The van der Waals surface area contributed by atoms with Crippen LogP contribution in [0.25, 0.3) is 0 Å². The molecule has 1 rings (SSSR count). The Balaban J connectivity index is 2.59. The van der Waals surface area contributed by atoms with Crippen molar-refractivity contribution in [2.24, 2.45) is 0 Å². The maximum absolute atomic E-state index is 9.93. The second kappa shape index (κ2) is 5.68. The zero-order valence-electron chi connectivity index (χ0n) is 12.1. The summed E-state index contributed by atoms with van der Waals surface area (Å²) in [6.45, 7) is 11.6. The van der Waals surface area contributed by atoms with Crippen molar-refractivity contribution >= 4 is 0 Å². The van der Waals surface area contributed by atoms with Gasteiger partial charge in [-0.1, -0.05) is 19.8 Å². The van der Waals surface area contributed by atoms with E-state index in [1.807, 2.05) is 0 Å². The van der Waals surface area contributed by atoms with Crippen LogP contribution in [0.1, 0.15) is 66.7 Å². The zero-order valence-corrected chi connectivity index (χ0v) is 12.1. The molecule has 3 nitrogen and oxygen atoms in total. The van der Waals surface area contributed by atoms with Crippen molar-refractivity contribution in [1.29, 1.82) is 0 Å². The number of aliphatic hydroxyl groups excluding tert-OH is 1. The zero-order chi connectivity index (χ0) is 13.1. The lowest BCUT2D eigenvalue weighted by Crippen LogP contribution is -2.61. The summed E-state index contributed by atoms with van der Waals surface area (Å²) in [5.41, 5.74) is -0.180. The normalized spacial score (nSPS) is 25.1. The highest BCUT2D eigenvalue weighted by Crippen LogP contribution is 2.38. The van der Waals surface area contributed by atoms with E-state index in [9.17, 15) is 5.11 Å². The minimum Gasteiger partial charge on any atom is -0.393 e. The first-order chi connectivity index (χ1) is 7.79. The fraction of sp³-hybridized carbons (Fsp3) is 1.00. The van der Waals surface area contributed by atoms with Crippen molar-refractivity contribution in [1.82, 2.24) is 5.06 Å². The molecule has 102 valence electrons. The molecule has 0 unspecified atom stereocenters. The van der Waals surface area contributed by atoms with Gasteiger partial charge in [-0.2, -0.15) is 5.06 Å². The lowest BCUT2D eigenvalue weighted by Gasteiger charge is -2.52. The van der Waals surface area contributed by atoms with Gasteiger partial charge in [0, 0.05) is 11.1 Å². The molecule has 0 bridgehead atoms. The summed E-state index contributed by atoms with van der Waals surface area (Å²) in [7, 11) is 0. The number of unbranched alkanes of at least 4 members (excludes halogenated alkanes) is 2. The molecular formula is C14H29NO2. The first-order valence-electron chi connectivity index (χ1n) is 6.91. The van der Waals surface area contributed by atoms with E-state index in [1.54, 1.807) is 0 Å². The highest BCUT2D eigenvalue weighted by Gasteiger charge is 2.45. The fourth-order valence-electron chi connectivity index (χ4n) is 3.07. The summed E-state index contributed by atoms with van der Waals surface area (Å²) in [6, 6.07) is 0. The van der Waals surface area contributed by atoms with E-state index in [4.69, 9.17) is 4.84 Å². The van der Waals surface area contributed by atoms with E-state index in [0.717, 1.165) is 25.9 Å². The SMILES string of the molecule is CCCCCON1C(C)(C)CC(O)CC1(C)C. The summed E-state index contributed by atoms with van der Waals surface area (Å²) in [4.78, 5) is 5.99. The van der Waals surface area contributed by atoms with Crippen molar-refractivity contribution < 1.29 is 9.94 Å². The Morgan fingerprint density at radius 3 is 2.12 bits per heavy atom. The van der Waals surface area contributed by atoms with Crippen molar-refractivity contribution in [3.8, 4) is 0 Å². The standard InChI is InChI=1S/C14H29NO2/c1-6-7-8-9-17-15-13(2,3)10-12(16)11-14(15,4)5/h12,16H,6-11H2,1-5H3. The van der Waals surface area contributed by atoms with Crippen LogP contribution in [0.2, 0.25) is 0 Å². The van der Waals surface area contributed by atoms with Crippen LogP contribution < -0.4 is 0 Å². The number of hydrogen-bond donors (Lipinski definition) is 1. The van der Waals surface area contributed by atoms with E-state index >= 15 is 0 Å². The van der Waals surface area contributed by atoms with Crippen LogP contribution in [0.5, 0.6) is 0 Å².